The van der Waals surface area contributed by atoms with Gasteiger partial charge in [0.1, 0.15) is 0 Å². The van der Waals surface area contributed by atoms with E-state index in [1.165, 1.54) is 0 Å². The quantitative estimate of drug-likeness (QED) is 0.543. The number of benzene rings is 1. The Labute approximate surface area is 134 Å². The van der Waals surface area contributed by atoms with E-state index in [0.29, 0.717) is 23.6 Å². The fourth-order valence-electron chi connectivity index (χ4n) is 2.12. The van der Waals surface area contributed by atoms with Gasteiger partial charge in [-0.3, -0.25) is 4.79 Å². The molecule has 0 saturated carbocycles. The molecule has 1 aromatic rings. The SMILES string of the molecule is CC.CCCN(CC)CCCOc1c(N)cccc1C(N)=O. The number of hydrogen-bond acceptors (Lipinski definition) is 4. The van der Waals surface area contributed by atoms with Gasteiger partial charge in [0.25, 0.3) is 5.91 Å². The zero-order chi connectivity index (χ0) is 17.0. The van der Waals surface area contributed by atoms with Gasteiger partial charge in [0.15, 0.2) is 5.75 Å². The van der Waals surface area contributed by atoms with E-state index in [0.717, 1.165) is 32.5 Å². The summed E-state index contributed by atoms with van der Waals surface area (Å²) in [6.07, 6.45) is 2.03. The van der Waals surface area contributed by atoms with Crippen LogP contribution in [0.1, 0.15) is 50.9 Å². The van der Waals surface area contributed by atoms with E-state index in [4.69, 9.17) is 16.2 Å². The first-order chi connectivity index (χ1) is 10.6. The van der Waals surface area contributed by atoms with Gasteiger partial charge in [-0.1, -0.05) is 33.8 Å². The average Bonchev–Trinajstić information content (AvgIpc) is 2.53. The predicted molar refractivity (Wildman–Crippen MR) is 93.2 cm³/mol. The van der Waals surface area contributed by atoms with Gasteiger partial charge in [-0.05, 0) is 38.1 Å². The maximum atomic E-state index is 11.3. The highest BCUT2D eigenvalue weighted by Gasteiger charge is 2.12. The molecule has 0 radical (unpaired) electrons. The molecule has 0 spiro atoms. The Bertz CT molecular complexity index is 436. The Morgan fingerprint density at radius 1 is 1.23 bits per heavy atom. The van der Waals surface area contributed by atoms with Crippen LogP contribution in [-0.4, -0.2) is 37.0 Å². The molecule has 1 aromatic carbocycles. The monoisotopic (exact) mass is 309 g/mol. The zero-order valence-electron chi connectivity index (χ0n) is 14.4. The van der Waals surface area contributed by atoms with Crippen LogP contribution in [0.2, 0.25) is 0 Å². The Balaban J connectivity index is 0.00000211. The number of nitrogens with zero attached hydrogens (tertiary/aromatic N) is 1. The number of nitrogen functional groups attached to an aromatic ring is 1. The maximum absolute atomic E-state index is 11.3. The maximum Gasteiger partial charge on any atom is 0.252 e. The van der Waals surface area contributed by atoms with Crippen molar-refractivity contribution in [2.45, 2.75) is 40.5 Å². The molecule has 5 heteroatoms. The van der Waals surface area contributed by atoms with Crippen LogP contribution in [0, 0.1) is 0 Å². The molecule has 0 saturated heterocycles. The summed E-state index contributed by atoms with van der Waals surface area (Å²) in [6, 6.07) is 5.03. The third-order valence-electron chi connectivity index (χ3n) is 3.16. The minimum Gasteiger partial charge on any atom is -0.491 e. The van der Waals surface area contributed by atoms with Gasteiger partial charge in [0.05, 0.1) is 17.9 Å². The largest absolute Gasteiger partial charge is 0.491 e. The van der Waals surface area contributed by atoms with E-state index >= 15 is 0 Å². The van der Waals surface area contributed by atoms with Crippen molar-refractivity contribution >= 4 is 11.6 Å². The number of primary amides is 1. The smallest absolute Gasteiger partial charge is 0.252 e. The molecule has 0 aliphatic rings. The van der Waals surface area contributed by atoms with Crippen molar-refractivity contribution < 1.29 is 9.53 Å². The van der Waals surface area contributed by atoms with Crippen LogP contribution in [0.4, 0.5) is 5.69 Å². The molecule has 1 rings (SSSR count). The van der Waals surface area contributed by atoms with Crippen molar-refractivity contribution in [2.75, 3.05) is 32.0 Å². The summed E-state index contributed by atoms with van der Waals surface area (Å²) < 4.78 is 5.65. The second-order valence-electron chi connectivity index (χ2n) is 4.72. The molecule has 4 N–H and O–H groups in total. The van der Waals surface area contributed by atoms with Crippen LogP contribution < -0.4 is 16.2 Å². The summed E-state index contributed by atoms with van der Waals surface area (Å²) in [7, 11) is 0. The molecule has 0 unspecified atom stereocenters. The van der Waals surface area contributed by atoms with E-state index in [-0.39, 0.29) is 0 Å². The van der Waals surface area contributed by atoms with E-state index in [9.17, 15) is 4.79 Å². The third kappa shape index (κ3) is 6.80. The second kappa shape index (κ2) is 11.9. The normalized spacial score (nSPS) is 10.0. The highest BCUT2D eigenvalue weighted by molar-refractivity contribution is 5.97. The fourth-order valence-corrected chi connectivity index (χ4v) is 2.12. The molecule has 0 aromatic heterocycles. The minimum absolute atomic E-state index is 0.339. The van der Waals surface area contributed by atoms with Crippen molar-refractivity contribution in [1.82, 2.24) is 4.90 Å². The zero-order valence-corrected chi connectivity index (χ0v) is 14.4. The molecule has 126 valence electrons. The lowest BCUT2D eigenvalue weighted by Gasteiger charge is -2.19. The van der Waals surface area contributed by atoms with Gasteiger partial charge in [-0.15, -0.1) is 0 Å². The van der Waals surface area contributed by atoms with Crippen LogP contribution >= 0.6 is 0 Å². The summed E-state index contributed by atoms with van der Waals surface area (Å²) in [6.45, 7) is 11.9. The Kier molecular flexibility index (Phi) is 10.9. The topological polar surface area (TPSA) is 81.6 Å². The van der Waals surface area contributed by atoms with E-state index in [1.54, 1.807) is 18.2 Å². The summed E-state index contributed by atoms with van der Waals surface area (Å²) in [4.78, 5) is 13.7. The van der Waals surface area contributed by atoms with Gasteiger partial charge in [0, 0.05) is 6.54 Å². The van der Waals surface area contributed by atoms with Gasteiger partial charge in [-0.25, -0.2) is 0 Å². The van der Waals surface area contributed by atoms with Crippen LogP contribution in [-0.2, 0) is 0 Å². The minimum atomic E-state index is -0.520. The molecule has 0 fully saturated rings. The van der Waals surface area contributed by atoms with E-state index in [2.05, 4.69) is 18.7 Å². The first-order valence-electron chi connectivity index (χ1n) is 8.13. The number of carbonyl (C=O) groups excluding carboxylic acids is 1. The first kappa shape index (κ1) is 20.2. The number of carbonyl (C=O) groups is 1. The van der Waals surface area contributed by atoms with Crippen LogP contribution in [0.5, 0.6) is 5.75 Å². The van der Waals surface area contributed by atoms with Crippen LogP contribution in [0.3, 0.4) is 0 Å². The van der Waals surface area contributed by atoms with Crippen molar-refractivity contribution in [3.63, 3.8) is 0 Å². The molecular weight excluding hydrogens is 278 g/mol. The molecule has 22 heavy (non-hydrogen) atoms. The fraction of sp³-hybridized carbons (Fsp3) is 0.588. The average molecular weight is 309 g/mol. The van der Waals surface area contributed by atoms with Crippen molar-refractivity contribution in [1.29, 1.82) is 0 Å². The highest BCUT2D eigenvalue weighted by atomic mass is 16.5. The predicted octanol–water partition coefficient (Wildman–Crippen LogP) is 2.89. The standard InChI is InChI=1S/C15H25N3O2.C2H6/c1-3-9-18(4-2)10-6-11-20-14-12(15(17)19)7-5-8-13(14)16;1-2/h5,7-8H,3-4,6,9-11,16H2,1-2H3,(H2,17,19);1-2H3. The lowest BCUT2D eigenvalue weighted by Crippen LogP contribution is -2.26. The Hall–Kier alpha value is -1.75. The molecule has 0 aliphatic heterocycles. The number of hydrogen-bond donors (Lipinski definition) is 2. The number of amides is 1. The Morgan fingerprint density at radius 3 is 2.45 bits per heavy atom. The summed E-state index contributed by atoms with van der Waals surface area (Å²) in [5.74, 6) is -0.119. The summed E-state index contributed by atoms with van der Waals surface area (Å²) in [5, 5.41) is 0. The highest BCUT2D eigenvalue weighted by Crippen LogP contribution is 2.26. The number of ether oxygens (including phenoxy) is 1. The number of anilines is 1. The molecule has 0 aliphatic carbocycles. The van der Waals surface area contributed by atoms with Gasteiger partial charge in [-0.2, -0.15) is 0 Å². The second-order valence-corrected chi connectivity index (χ2v) is 4.72. The molecule has 0 bridgehead atoms. The molecule has 5 nitrogen and oxygen atoms in total. The van der Waals surface area contributed by atoms with Crippen molar-refractivity contribution in [3.8, 4) is 5.75 Å². The summed E-state index contributed by atoms with van der Waals surface area (Å²) in [5.41, 5.74) is 11.9. The molecular formula is C17H31N3O2. The van der Waals surface area contributed by atoms with E-state index in [1.807, 2.05) is 13.8 Å². The number of para-hydroxylation sites is 1. The van der Waals surface area contributed by atoms with Gasteiger partial charge in [0.2, 0.25) is 0 Å². The molecule has 0 atom stereocenters. The van der Waals surface area contributed by atoms with Crippen molar-refractivity contribution in [3.05, 3.63) is 23.8 Å². The lowest BCUT2D eigenvalue weighted by atomic mass is 10.1. The summed E-state index contributed by atoms with van der Waals surface area (Å²) >= 11 is 0. The third-order valence-corrected chi connectivity index (χ3v) is 3.16. The number of rotatable bonds is 9. The van der Waals surface area contributed by atoms with E-state index < -0.39 is 5.91 Å². The Morgan fingerprint density at radius 2 is 1.91 bits per heavy atom. The molecule has 0 heterocycles. The van der Waals surface area contributed by atoms with Crippen LogP contribution in [0.15, 0.2) is 18.2 Å². The number of nitrogens with two attached hydrogens (primary N) is 2. The van der Waals surface area contributed by atoms with Gasteiger partial charge < -0.3 is 21.1 Å². The lowest BCUT2D eigenvalue weighted by molar-refractivity contribution is 0.0996. The van der Waals surface area contributed by atoms with Gasteiger partial charge >= 0.3 is 0 Å². The molecule has 1 amide bonds. The van der Waals surface area contributed by atoms with Crippen LogP contribution in [0.25, 0.3) is 0 Å². The van der Waals surface area contributed by atoms with Crippen molar-refractivity contribution in [2.24, 2.45) is 5.73 Å². The first-order valence-corrected chi connectivity index (χ1v) is 8.13.